The molecule has 108 valence electrons. The minimum atomic E-state index is -1.12. The molecule has 0 amide bonds. The third-order valence-corrected chi connectivity index (χ3v) is 12.3. The SMILES string of the molecule is CC(I)(C(=O)OC1CC2CC1CC2CO)C12NI1N2. The van der Waals surface area contributed by atoms with Gasteiger partial charge in [-0.3, -0.25) is 0 Å². The van der Waals surface area contributed by atoms with Crippen molar-refractivity contribution in [2.75, 3.05) is 6.61 Å². The fraction of sp³-hybridized carbons (Fsp3) is 0.917. The monoisotopic (exact) mass is 492 g/mol. The fourth-order valence-corrected chi connectivity index (χ4v) is 11.4. The predicted molar refractivity (Wildman–Crippen MR) is 86.7 cm³/mol. The molecule has 2 aliphatic carbocycles. The Morgan fingerprint density at radius 1 is 1.47 bits per heavy atom. The van der Waals surface area contributed by atoms with Gasteiger partial charge in [-0.1, -0.05) is 0 Å². The van der Waals surface area contributed by atoms with Crippen molar-refractivity contribution in [2.24, 2.45) is 17.8 Å². The molecule has 0 radical (unpaired) electrons. The third-order valence-electron chi connectivity index (χ3n) is 5.12. The van der Waals surface area contributed by atoms with Crippen molar-refractivity contribution < 1.29 is 14.6 Å². The van der Waals surface area contributed by atoms with Gasteiger partial charge in [-0.2, -0.15) is 0 Å². The first-order chi connectivity index (χ1) is 8.98. The molecular formula is C12H18I2N2O3. The van der Waals surface area contributed by atoms with Crippen LogP contribution in [-0.2, 0) is 9.53 Å². The normalized spacial score (nSPS) is 45.5. The maximum atomic E-state index is 12.4. The molecule has 4 rings (SSSR count). The fourth-order valence-electron chi connectivity index (χ4n) is 3.68. The van der Waals surface area contributed by atoms with Gasteiger partial charge >= 0.3 is 134 Å². The number of carbonyl (C=O) groups is 1. The van der Waals surface area contributed by atoms with Gasteiger partial charge in [-0.05, 0) is 0 Å². The molecule has 0 spiro atoms. The van der Waals surface area contributed by atoms with Crippen molar-refractivity contribution >= 4 is 48.9 Å². The van der Waals surface area contributed by atoms with E-state index in [9.17, 15) is 9.90 Å². The van der Waals surface area contributed by atoms with Crippen LogP contribution < -0.4 is 7.06 Å². The van der Waals surface area contributed by atoms with Crippen molar-refractivity contribution in [3.8, 4) is 0 Å². The number of carbonyl (C=O) groups excluding carboxylic acids is 1. The number of fused-ring (bicyclic) bond motifs is 3. The Labute approximate surface area is 133 Å². The molecule has 4 aliphatic rings. The van der Waals surface area contributed by atoms with Crippen molar-refractivity contribution in [1.82, 2.24) is 7.06 Å². The van der Waals surface area contributed by atoms with Crippen molar-refractivity contribution in [1.29, 1.82) is 0 Å². The van der Waals surface area contributed by atoms with Crippen LogP contribution >= 0.6 is 43.0 Å². The Hall–Kier alpha value is 0.810. The second-order valence-electron chi connectivity index (χ2n) is 6.25. The summed E-state index contributed by atoms with van der Waals surface area (Å²) in [5, 5.41) is 9.29. The van der Waals surface area contributed by atoms with E-state index in [1.54, 1.807) is 0 Å². The molecular weight excluding hydrogens is 474 g/mol. The first kappa shape index (κ1) is 13.5. The molecule has 5 nitrogen and oxygen atoms in total. The van der Waals surface area contributed by atoms with E-state index in [1.807, 2.05) is 6.92 Å². The second-order valence-corrected chi connectivity index (χ2v) is 12.7. The molecule has 4 fully saturated rings. The minimum absolute atomic E-state index is 0.0418. The van der Waals surface area contributed by atoms with Crippen LogP contribution in [0, 0.1) is 17.8 Å². The molecule has 2 heterocycles. The number of esters is 1. The van der Waals surface area contributed by atoms with E-state index in [4.69, 9.17) is 4.74 Å². The number of alkyl halides is 2. The molecule has 0 aromatic heterocycles. The van der Waals surface area contributed by atoms with Crippen LogP contribution in [0.5, 0.6) is 0 Å². The molecule has 2 saturated heterocycles. The summed E-state index contributed by atoms with van der Waals surface area (Å²) >= 11 is 1.12. The van der Waals surface area contributed by atoms with Crippen LogP contribution in [0.1, 0.15) is 26.2 Å². The average molecular weight is 492 g/mol. The molecule has 0 aromatic rings. The van der Waals surface area contributed by atoms with Gasteiger partial charge in [0, 0.05) is 0 Å². The van der Waals surface area contributed by atoms with E-state index in [1.165, 1.54) is 0 Å². The number of hydrogen-bond acceptors (Lipinski definition) is 5. The van der Waals surface area contributed by atoms with Gasteiger partial charge in [0.2, 0.25) is 0 Å². The van der Waals surface area contributed by atoms with Crippen LogP contribution in [0.2, 0.25) is 0 Å². The van der Waals surface area contributed by atoms with Gasteiger partial charge in [0.05, 0.1) is 0 Å². The van der Waals surface area contributed by atoms with Crippen LogP contribution in [0.3, 0.4) is 0 Å². The zero-order valence-electron chi connectivity index (χ0n) is 10.7. The number of ether oxygens (including phenoxy) is 1. The first-order valence-electron chi connectivity index (χ1n) is 6.74. The van der Waals surface area contributed by atoms with E-state index >= 15 is 0 Å². The van der Waals surface area contributed by atoms with Crippen LogP contribution in [-0.4, -0.2) is 30.9 Å². The Kier molecular flexibility index (Phi) is 2.96. The van der Waals surface area contributed by atoms with Gasteiger partial charge in [0.25, 0.3) is 0 Å². The maximum absolute atomic E-state index is 12.4. The molecule has 2 aliphatic heterocycles. The zero-order valence-corrected chi connectivity index (χ0v) is 15.0. The summed E-state index contributed by atoms with van der Waals surface area (Å²) in [6.07, 6.45) is 3.19. The topological polar surface area (TPSA) is 90.4 Å². The molecule has 5 unspecified atom stereocenters. The van der Waals surface area contributed by atoms with E-state index in [-0.39, 0.29) is 22.3 Å². The number of rotatable bonds is 4. The Balaban J connectivity index is 1.39. The standard InChI is InChI=1S/C12H18I2N2O3/c1-11(13,12-14(15-12)16-12)10(18)19-9-4-6-2-7(9)3-8(6)5-17/h6-9,15-17H,2-5H2,1H3. The Morgan fingerprint density at radius 3 is 2.63 bits per heavy atom. The summed E-state index contributed by atoms with van der Waals surface area (Å²) in [4.78, 5) is 12.4. The van der Waals surface area contributed by atoms with Crippen LogP contribution in [0.25, 0.3) is 0 Å². The van der Waals surface area contributed by atoms with Gasteiger partial charge in [-0.25, -0.2) is 0 Å². The molecule has 3 N–H and O–H groups in total. The number of nitrogens with one attached hydrogen (secondary N) is 2. The van der Waals surface area contributed by atoms with Crippen molar-refractivity contribution in [3.63, 3.8) is 0 Å². The van der Waals surface area contributed by atoms with E-state index in [2.05, 4.69) is 29.7 Å². The third kappa shape index (κ3) is 1.84. The van der Waals surface area contributed by atoms with Gasteiger partial charge in [0.1, 0.15) is 0 Å². The Morgan fingerprint density at radius 2 is 2.16 bits per heavy atom. The first-order valence-corrected chi connectivity index (χ1v) is 11.1. The van der Waals surface area contributed by atoms with Crippen molar-refractivity contribution in [2.45, 2.75) is 39.4 Å². The number of hydrogen-bond donors (Lipinski definition) is 3. The van der Waals surface area contributed by atoms with Crippen LogP contribution in [0.4, 0.5) is 0 Å². The second kappa shape index (κ2) is 4.17. The number of aliphatic hydroxyl groups excluding tert-OH is 1. The number of aliphatic hydroxyl groups is 1. The summed E-state index contributed by atoms with van der Waals surface area (Å²) in [5.41, 5.74) is 0. The molecule has 5 atom stereocenters. The summed E-state index contributed by atoms with van der Waals surface area (Å²) in [7, 11) is 0. The molecule has 7 heteroatoms. The Bertz CT molecular complexity index is 439. The number of halogens is 2. The zero-order chi connectivity index (χ0) is 13.4. The van der Waals surface area contributed by atoms with Gasteiger partial charge < -0.3 is 0 Å². The van der Waals surface area contributed by atoms with E-state index in [0.717, 1.165) is 19.3 Å². The van der Waals surface area contributed by atoms with Gasteiger partial charge in [0.15, 0.2) is 0 Å². The molecule has 2 bridgehead atoms. The van der Waals surface area contributed by atoms with Crippen LogP contribution in [0.15, 0.2) is 0 Å². The molecule has 19 heavy (non-hydrogen) atoms. The summed E-state index contributed by atoms with van der Waals surface area (Å²) < 4.78 is 12.1. The van der Waals surface area contributed by atoms with Gasteiger partial charge in [-0.15, -0.1) is 0 Å². The van der Waals surface area contributed by atoms with E-state index in [0.29, 0.717) is 17.8 Å². The van der Waals surface area contributed by atoms with Crippen molar-refractivity contribution in [3.05, 3.63) is 0 Å². The molecule has 0 aromatic carbocycles. The van der Waals surface area contributed by atoms with E-state index < -0.39 is 23.8 Å². The molecule has 2 saturated carbocycles. The predicted octanol–water partition coefficient (Wildman–Crippen LogP) is 1.33. The quantitative estimate of drug-likeness (QED) is 0.138. The summed E-state index contributed by atoms with van der Waals surface area (Å²) in [6.45, 7) is 2.26. The average Bonchev–Trinajstić information content (AvgIpc) is 3.14. The summed E-state index contributed by atoms with van der Waals surface area (Å²) in [5.74, 6) is 1.42. The summed E-state index contributed by atoms with van der Waals surface area (Å²) in [6, 6.07) is 0.